The van der Waals surface area contributed by atoms with Gasteiger partial charge in [-0.1, -0.05) is 24.3 Å². The molecule has 1 fully saturated rings. The fraction of sp³-hybridized carbons (Fsp3) is 0.364. The van der Waals surface area contributed by atoms with Crippen LogP contribution in [0.2, 0.25) is 0 Å². The summed E-state index contributed by atoms with van der Waals surface area (Å²) in [5.74, 6) is 0.852. The predicted octanol–water partition coefficient (Wildman–Crippen LogP) is 4.14. The second-order valence-electron chi connectivity index (χ2n) is 7.79. The normalized spacial score (nSPS) is 26.6. The molecule has 0 bridgehead atoms. The third kappa shape index (κ3) is 3.52. The van der Waals surface area contributed by atoms with Gasteiger partial charge in [0.15, 0.2) is 0 Å². The number of morpholine rings is 1. The van der Waals surface area contributed by atoms with Gasteiger partial charge in [-0.2, -0.15) is 4.31 Å². The number of hydrogen-bond acceptors (Lipinski definition) is 4. The van der Waals surface area contributed by atoms with Gasteiger partial charge < -0.3 is 10.1 Å². The van der Waals surface area contributed by atoms with Crippen molar-refractivity contribution in [1.82, 2.24) is 4.31 Å². The van der Waals surface area contributed by atoms with Crippen molar-refractivity contribution in [3.8, 4) is 0 Å². The summed E-state index contributed by atoms with van der Waals surface area (Å²) >= 11 is 2.37. The van der Waals surface area contributed by atoms with E-state index < -0.39 is 10.0 Å². The van der Waals surface area contributed by atoms with Crippen molar-refractivity contribution in [3.05, 3.63) is 69.3 Å². The van der Waals surface area contributed by atoms with E-state index in [0.29, 0.717) is 43.0 Å². The van der Waals surface area contributed by atoms with Crippen molar-refractivity contribution in [1.29, 1.82) is 0 Å². The number of benzene rings is 2. The molecule has 1 N–H and O–H groups in total. The summed E-state index contributed by atoms with van der Waals surface area (Å²) in [5, 5.41) is 3.71. The molecule has 0 radical (unpaired) electrons. The molecule has 5 nitrogen and oxygen atoms in total. The summed E-state index contributed by atoms with van der Waals surface area (Å²) in [6.45, 7) is 1.74. The molecule has 1 aliphatic carbocycles. The van der Waals surface area contributed by atoms with Crippen LogP contribution >= 0.6 is 22.6 Å². The van der Waals surface area contributed by atoms with Crippen molar-refractivity contribution < 1.29 is 13.2 Å². The standard InChI is InChI=1S/C22H23IN2O3S/c23-16-6-9-21-20(14-16)18-2-1-3-19(18)22(24-21)15-4-7-17(8-5-15)29(26,27)25-10-12-28-13-11-25/h1-2,4-9,14,18-19,22,24H,3,10-13H2/t18-,19+,22+/m0/s1. The van der Waals surface area contributed by atoms with Crippen LogP contribution in [0.5, 0.6) is 0 Å². The number of sulfonamides is 1. The lowest BCUT2D eigenvalue weighted by atomic mass is 9.77. The largest absolute Gasteiger partial charge is 0.379 e. The number of anilines is 1. The van der Waals surface area contributed by atoms with Gasteiger partial charge in [-0.25, -0.2) is 8.42 Å². The Morgan fingerprint density at radius 2 is 1.83 bits per heavy atom. The van der Waals surface area contributed by atoms with Crippen LogP contribution in [0, 0.1) is 9.49 Å². The highest BCUT2D eigenvalue weighted by Crippen LogP contribution is 2.50. The number of ether oxygens (including phenoxy) is 1. The van der Waals surface area contributed by atoms with Crippen LogP contribution in [-0.4, -0.2) is 39.0 Å². The number of hydrogen-bond donors (Lipinski definition) is 1. The summed E-state index contributed by atoms with van der Waals surface area (Å²) in [7, 11) is -3.46. The Morgan fingerprint density at radius 3 is 2.59 bits per heavy atom. The van der Waals surface area contributed by atoms with Gasteiger partial charge in [-0.15, -0.1) is 0 Å². The van der Waals surface area contributed by atoms with E-state index in [9.17, 15) is 8.42 Å². The summed E-state index contributed by atoms with van der Waals surface area (Å²) in [5.41, 5.74) is 3.67. The molecule has 29 heavy (non-hydrogen) atoms. The van der Waals surface area contributed by atoms with Crippen LogP contribution < -0.4 is 5.32 Å². The number of fused-ring (bicyclic) bond motifs is 3. The van der Waals surface area contributed by atoms with E-state index >= 15 is 0 Å². The van der Waals surface area contributed by atoms with Crippen LogP contribution in [-0.2, 0) is 14.8 Å². The molecule has 3 aliphatic rings. The molecule has 0 aromatic heterocycles. The Bertz CT molecular complexity index is 1050. The van der Waals surface area contributed by atoms with E-state index in [2.05, 4.69) is 58.3 Å². The molecule has 0 amide bonds. The zero-order valence-electron chi connectivity index (χ0n) is 15.9. The molecule has 7 heteroatoms. The molecule has 0 saturated carbocycles. The van der Waals surface area contributed by atoms with Gasteiger partial charge in [0.05, 0.1) is 24.2 Å². The van der Waals surface area contributed by atoms with Crippen LogP contribution in [0.3, 0.4) is 0 Å². The Morgan fingerprint density at radius 1 is 1.07 bits per heavy atom. The number of allylic oxidation sites excluding steroid dienone is 2. The first-order valence-corrected chi connectivity index (χ1v) is 12.5. The molecule has 2 aliphatic heterocycles. The zero-order valence-corrected chi connectivity index (χ0v) is 18.9. The minimum atomic E-state index is -3.46. The van der Waals surface area contributed by atoms with Gasteiger partial charge in [-0.05, 0) is 76.4 Å². The lowest BCUT2D eigenvalue weighted by Crippen LogP contribution is -2.40. The predicted molar refractivity (Wildman–Crippen MR) is 122 cm³/mol. The van der Waals surface area contributed by atoms with E-state index in [1.54, 1.807) is 12.1 Å². The summed E-state index contributed by atoms with van der Waals surface area (Å²) in [4.78, 5) is 0.356. The number of nitrogens with one attached hydrogen (secondary N) is 1. The minimum Gasteiger partial charge on any atom is -0.379 e. The fourth-order valence-electron chi connectivity index (χ4n) is 4.68. The maximum absolute atomic E-state index is 12.9. The molecule has 0 spiro atoms. The molecule has 152 valence electrons. The van der Waals surface area contributed by atoms with Crippen LogP contribution in [0.1, 0.15) is 29.5 Å². The molecule has 3 atom stereocenters. The Balaban J connectivity index is 1.44. The lowest BCUT2D eigenvalue weighted by molar-refractivity contribution is 0.0730. The third-order valence-electron chi connectivity index (χ3n) is 6.17. The maximum Gasteiger partial charge on any atom is 0.243 e. The highest BCUT2D eigenvalue weighted by molar-refractivity contribution is 14.1. The van der Waals surface area contributed by atoms with Crippen LogP contribution in [0.4, 0.5) is 5.69 Å². The van der Waals surface area contributed by atoms with Gasteiger partial charge in [-0.3, -0.25) is 0 Å². The Kier molecular flexibility index (Phi) is 5.18. The molecule has 1 saturated heterocycles. The van der Waals surface area contributed by atoms with Crippen LogP contribution in [0.25, 0.3) is 0 Å². The fourth-order valence-corrected chi connectivity index (χ4v) is 6.60. The van der Waals surface area contributed by atoms with Crippen LogP contribution in [0.15, 0.2) is 59.5 Å². The second-order valence-corrected chi connectivity index (χ2v) is 11.0. The first kappa shape index (κ1) is 19.5. The van der Waals surface area contributed by atoms with E-state index in [1.165, 1.54) is 19.1 Å². The molecule has 5 rings (SSSR count). The van der Waals surface area contributed by atoms with Crippen molar-refractivity contribution in [2.45, 2.75) is 23.3 Å². The number of halogens is 1. The van der Waals surface area contributed by atoms with Gasteiger partial charge in [0, 0.05) is 28.3 Å². The van der Waals surface area contributed by atoms with Gasteiger partial charge in [0.2, 0.25) is 10.0 Å². The SMILES string of the molecule is O=S(=O)(c1ccc([C@H]2Nc3ccc(I)cc3[C@H]3C=CC[C@H]32)cc1)N1CCOCC1. The van der Waals surface area contributed by atoms with E-state index in [-0.39, 0.29) is 6.04 Å². The van der Waals surface area contributed by atoms with Crippen molar-refractivity contribution in [2.75, 3.05) is 31.6 Å². The first-order valence-electron chi connectivity index (χ1n) is 9.94. The molecule has 0 unspecified atom stereocenters. The smallest absolute Gasteiger partial charge is 0.243 e. The highest BCUT2D eigenvalue weighted by Gasteiger charge is 2.38. The molecule has 2 heterocycles. The Hall–Kier alpha value is -1.42. The molecule has 2 aromatic rings. The van der Waals surface area contributed by atoms with E-state index in [4.69, 9.17) is 4.74 Å². The van der Waals surface area contributed by atoms with Gasteiger partial charge in [0.1, 0.15) is 0 Å². The average molecular weight is 522 g/mol. The summed E-state index contributed by atoms with van der Waals surface area (Å²) < 4.78 is 33.8. The second kappa shape index (κ2) is 7.68. The van der Waals surface area contributed by atoms with E-state index in [0.717, 1.165) is 12.0 Å². The quantitative estimate of drug-likeness (QED) is 0.487. The van der Waals surface area contributed by atoms with Crippen molar-refractivity contribution >= 4 is 38.3 Å². The summed E-state index contributed by atoms with van der Waals surface area (Å²) in [6.07, 6.45) is 5.63. The Labute approximate surface area is 185 Å². The summed E-state index contributed by atoms with van der Waals surface area (Å²) in [6, 6.07) is 14.2. The maximum atomic E-state index is 12.9. The van der Waals surface area contributed by atoms with Gasteiger partial charge >= 0.3 is 0 Å². The monoisotopic (exact) mass is 522 g/mol. The third-order valence-corrected chi connectivity index (χ3v) is 8.76. The van der Waals surface area contributed by atoms with Crippen molar-refractivity contribution in [3.63, 3.8) is 0 Å². The van der Waals surface area contributed by atoms with E-state index in [1.807, 2.05) is 12.1 Å². The molecular weight excluding hydrogens is 499 g/mol. The molecule has 2 aromatic carbocycles. The van der Waals surface area contributed by atoms with Gasteiger partial charge in [0.25, 0.3) is 0 Å². The first-order chi connectivity index (χ1) is 14.0. The topological polar surface area (TPSA) is 58.6 Å². The van der Waals surface area contributed by atoms with Crippen molar-refractivity contribution in [2.24, 2.45) is 5.92 Å². The number of nitrogens with zero attached hydrogens (tertiary/aromatic N) is 1. The zero-order chi connectivity index (χ0) is 20.0. The highest BCUT2D eigenvalue weighted by atomic mass is 127. The molecular formula is C22H23IN2O3S. The minimum absolute atomic E-state index is 0.169. The number of rotatable bonds is 3. The lowest BCUT2D eigenvalue weighted by Gasteiger charge is -2.37. The average Bonchev–Trinajstić information content (AvgIpc) is 3.24.